The molecule has 1 atom stereocenters. The second-order valence-electron chi connectivity index (χ2n) is 4.74. The number of hydrogen-bond donors (Lipinski definition) is 2. The molecule has 6 heteroatoms. The topological polar surface area (TPSA) is 65.4 Å². The van der Waals surface area contributed by atoms with Crippen molar-refractivity contribution in [2.75, 3.05) is 20.3 Å². The van der Waals surface area contributed by atoms with Crippen LogP contribution in [0.25, 0.3) is 0 Å². The second-order valence-corrected chi connectivity index (χ2v) is 4.74. The number of amidine groups is 1. The van der Waals surface area contributed by atoms with E-state index < -0.39 is 6.04 Å². The van der Waals surface area contributed by atoms with Crippen LogP contribution < -0.4 is 5.32 Å². The van der Waals surface area contributed by atoms with Gasteiger partial charge in [0.2, 0.25) is 5.91 Å². The molecule has 1 aromatic carbocycles. The molecular formula is C14H18FN3O2. The van der Waals surface area contributed by atoms with E-state index in [1.54, 1.807) is 25.0 Å². The van der Waals surface area contributed by atoms with Gasteiger partial charge in [0, 0.05) is 25.8 Å². The van der Waals surface area contributed by atoms with Crippen molar-refractivity contribution in [3.8, 4) is 0 Å². The summed E-state index contributed by atoms with van der Waals surface area (Å²) in [4.78, 5) is 13.6. The predicted octanol–water partition coefficient (Wildman–Crippen LogP) is 1.12. The molecule has 0 radical (unpaired) electrons. The molecule has 1 aromatic rings. The van der Waals surface area contributed by atoms with E-state index in [9.17, 15) is 9.18 Å². The number of fused-ring (bicyclic) bond motifs is 1. The van der Waals surface area contributed by atoms with E-state index >= 15 is 0 Å². The first-order valence-electron chi connectivity index (χ1n) is 6.45. The maximum absolute atomic E-state index is 13.2. The zero-order valence-electron chi connectivity index (χ0n) is 11.6. The molecule has 0 aromatic heterocycles. The minimum absolute atomic E-state index is 0.167. The van der Waals surface area contributed by atoms with Crippen LogP contribution in [0.2, 0.25) is 0 Å². The maximum atomic E-state index is 13.2. The minimum atomic E-state index is -0.477. The Morgan fingerprint density at radius 1 is 1.60 bits per heavy atom. The molecular weight excluding hydrogens is 261 g/mol. The molecule has 108 valence electrons. The normalized spacial score (nSPS) is 15.2. The molecule has 0 spiro atoms. The predicted molar refractivity (Wildman–Crippen MR) is 73.1 cm³/mol. The molecule has 1 aliphatic heterocycles. The highest BCUT2D eigenvalue weighted by molar-refractivity contribution is 6.02. The molecule has 0 saturated carbocycles. The molecule has 5 nitrogen and oxygen atoms in total. The lowest BCUT2D eigenvalue weighted by atomic mass is 10.1. The number of halogens is 1. The van der Waals surface area contributed by atoms with Gasteiger partial charge in [-0.1, -0.05) is 6.07 Å². The third kappa shape index (κ3) is 2.80. The summed E-state index contributed by atoms with van der Waals surface area (Å²) >= 11 is 0. The number of nitrogens with zero attached hydrogens (tertiary/aromatic N) is 1. The summed E-state index contributed by atoms with van der Waals surface area (Å²) in [7, 11) is 1.57. The SMILES string of the molecule is COCCNC(=O)C(C)N1Cc2ccc(F)cc2C1=N. The van der Waals surface area contributed by atoms with Crippen LogP contribution in [0, 0.1) is 11.2 Å². The zero-order chi connectivity index (χ0) is 14.7. The Morgan fingerprint density at radius 2 is 2.35 bits per heavy atom. The van der Waals surface area contributed by atoms with Crippen LogP contribution in [0.3, 0.4) is 0 Å². The Kier molecular flexibility index (Phi) is 4.34. The standard InChI is InChI=1S/C14H18FN3O2/c1-9(14(19)17-5-6-20-2)18-8-10-3-4-11(15)7-12(10)13(18)16/h3-4,7,9,16H,5-6,8H2,1-2H3,(H,17,19). The van der Waals surface area contributed by atoms with E-state index in [-0.39, 0.29) is 17.6 Å². The fraction of sp³-hybridized carbons (Fsp3) is 0.429. The van der Waals surface area contributed by atoms with Gasteiger partial charge in [-0.25, -0.2) is 4.39 Å². The van der Waals surface area contributed by atoms with Crippen molar-refractivity contribution in [1.82, 2.24) is 10.2 Å². The van der Waals surface area contributed by atoms with Crippen molar-refractivity contribution in [3.05, 3.63) is 35.1 Å². The van der Waals surface area contributed by atoms with Gasteiger partial charge < -0.3 is 15.0 Å². The number of methoxy groups -OCH3 is 1. The van der Waals surface area contributed by atoms with Crippen molar-refractivity contribution in [2.24, 2.45) is 0 Å². The van der Waals surface area contributed by atoms with Crippen LogP contribution >= 0.6 is 0 Å². The summed E-state index contributed by atoms with van der Waals surface area (Å²) in [6.45, 7) is 3.07. The van der Waals surface area contributed by atoms with Gasteiger partial charge in [0.05, 0.1) is 6.61 Å². The molecule has 2 rings (SSSR count). The lowest BCUT2D eigenvalue weighted by molar-refractivity contribution is -0.124. The number of carbonyl (C=O) groups excluding carboxylic acids is 1. The summed E-state index contributed by atoms with van der Waals surface area (Å²) < 4.78 is 18.1. The van der Waals surface area contributed by atoms with Crippen LogP contribution in [0.15, 0.2) is 18.2 Å². The Bertz CT molecular complexity index is 533. The number of amides is 1. The highest BCUT2D eigenvalue weighted by atomic mass is 19.1. The van der Waals surface area contributed by atoms with E-state index in [0.29, 0.717) is 25.3 Å². The lowest BCUT2D eigenvalue weighted by Gasteiger charge is -2.25. The van der Waals surface area contributed by atoms with Crippen molar-refractivity contribution in [3.63, 3.8) is 0 Å². The van der Waals surface area contributed by atoms with Crippen molar-refractivity contribution >= 4 is 11.7 Å². The van der Waals surface area contributed by atoms with Gasteiger partial charge in [0.15, 0.2) is 0 Å². The number of hydrogen-bond acceptors (Lipinski definition) is 3. The highest BCUT2D eigenvalue weighted by Crippen LogP contribution is 2.25. The van der Waals surface area contributed by atoms with Crippen molar-refractivity contribution in [2.45, 2.75) is 19.5 Å². The van der Waals surface area contributed by atoms with Crippen LogP contribution in [0.1, 0.15) is 18.1 Å². The minimum Gasteiger partial charge on any atom is -0.383 e. The summed E-state index contributed by atoms with van der Waals surface area (Å²) in [5.41, 5.74) is 1.43. The van der Waals surface area contributed by atoms with Crippen molar-refractivity contribution in [1.29, 1.82) is 5.41 Å². The molecule has 0 aliphatic carbocycles. The van der Waals surface area contributed by atoms with Gasteiger partial charge in [0.1, 0.15) is 17.7 Å². The van der Waals surface area contributed by atoms with Gasteiger partial charge >= 0.3 is 0 Å². The zero-order valence-corrected chi connectivity index (χ0v) is 11.6. The molecule has 1 heterocycles. The largest absolute Gasteiger partial charge is 0.383 e. The summed E-state index contributed by atoms with van der Waals surface area (Å²) in [6.07, 6.45) is 0. The lowest BCUT2D eigenvalue weighted by Crippen LogP contribution is -2.45. The van der Waals surface area contributed by atoms with Gasteiger partial charge in [-0.15, -0.1) is 0 Å². The second kappa shape index (κ2) is 6.00. The van der Waals surface area contributed by atoms with Gasteiger partial charge in [-0.2, -0.15) is 0 Å². The maximum Gasteiger partial charge on any atom is 0.242 e. The first kappa shape index (κ1) is 14.5. The van der Waals surface area contributed by atoms with Gasteiger partial charge in [-0.3, -0.25) is 10.2 Å². The number of ether oxygens (including phenoxy) is 1. The van der Waals surface area contributed by atoms with Crippen LogP contribution in [-0.2, 0) is 16.1 Å². The van der Waals surface area contributed by atoms with E-state index in [1.807, 2.05) is 0 Å². The third-order valence-corrected chi connectivity index (χ3v) is 3.41. The summed E-state index contributed by atoms with van der Waals surface area (Å²) in [5, 5.41) is 10.8. The number of benzene rings is 1. The smallest absolute Gasteiger partial charge is 0.242 e. The Labute approximate surface area is 117 Å². The third-order valence-electron chi connectivity index (χ3n) is 3.41. The average molecular weight is 279 g/mol. The fourth-order valence-electron chi connectivity index (χ4n) is 2.22. The molecule has 20 heavy (non-hydrogen) atoms. The Balaban J connectivity index is 2.05. The van der Waals surface area contributed by atoms with Gasteiger partial charge in [0.25, 0.3) is 0 Å². The monoisotopic (exact) mass is 279 g/mol. The first-order chi connectivity index (χ1) is 9.54. The molecule has 0 saturated heterocycles. The van der Waals surface area contributed by atoms with E-state index in [4.69, 9.17) is 10.1 Å². The van der Waals surface area contributed by atoms with Crippen molar-refractivity contribution < 1.29 is 13.9 Å². The van der Waals surface area contributed by atoms with Crippen LogP contribution in [0.4, 0.5) is 4.39 Å². The summed E-state index contributed by atoms with van der Waals surface area (Å²) in [5.74, 6) is -0.346. The van der Waals surface area contributed by atoms with E-state index in [1.165, 1.54) is 12.1 Å². The average Bonchev–Trinajstić information content (AvgIpc) is 2.75. The Hall–Kier alpha value is -1.95. The summed E-state index contributed by atoms with van der Waals surface area (Å²) in [6, 6.07) is 3.90. The Morgan fingerprint density at radius 3 is 3.05 bits per heavy atom. The van der Waals surface area contributed by atoms with Crippen LogP contribution in [-0.4, -0.2) is 42.9 Å². The van der Waals surface area contributed by atoms with E-state index in [0.717, 1.165) is 5.56 Å². The molecule has 0 bridgehead atoms. The fourth-order valence-corrected chi connectivity index (χ4v) is 2.22. The number of nitrogens with one attached hydrogen (secondary N) is 2. The van der Waals surface area contributed by atoms with Crippen LogP contribution in [0.5, 0.6) is 0 Å². The first-order valence-corrected chi connectivity index (χ1v) is 6.45. The highest BCUT2D eigenvalue weighted by Gasteiger charge is 2.31. The number of carbonyl (C=O) groups is 1. The molecule has 1 unspecified atom stereocenters. The number of rotatable bonds is 5. The quantitative estimate of drug-likeness (QED) is 0.794. The van der Waals surface area contributed by atoms with E-state index in [2.05, 4.69) is 5.32 Å². The molecule has 0 fully saturated rings. The molecule has 1 aliphatic rings. The van der Waals surface area contributed by atoms with Gasteiger partial charge in [-0.05, 0) is 24.6 Å². The molecule has 2 N–H and O–H groups in total. The molecule has 1 amide bonds.